The molecule has 0 aliphatic heterocycles. The first kappa shape index (κ1) is 14.2. The molecule has 0 aliphatic carbocycles. The highest BCUT2D eigenvalue weighted by molar-refractivity contribution is 5.81. The molecule has 0 aromatic carbocycles. The third-order valence-electron chi connectivity index (χ3n) is 2.59. The maximum absolute atomic E-state index is 10.2. The molecule has 0 amide bonds. The van der Waals surface area contributed by atoms with Crippen molar-refractivity contribution in [3.8, 4) is 0 Å². The summed E-state index contributed by atoms with van der Waals surface area (Å²) in [6, 6.07) is 1.97. The molecule has 100 valence electrons. The summed E-state index contributed by atoms with van der Waals surface area (Å²) in [7, 11) is 1.66. The highest BCUT2D eigenvalue weighted by Gasteiger charge is 2.07. The van der Waals surface area contributed by atoms with E-state index in [-0.39, 0.29) is 0 Å². The van der Waals surface area contributed by atoms with Crippen LogP contribution in [-0.4, -0.2) is 42.2 Å². The molecule has 1 rings (SSSR count). The summed E-state index contributed by atoms with van der Waals surface area (Å²) < 4.78 is 7.16. The van der Waals surface area contributed by atoms with E-state index in [0.29, 0.717) is 6.61 Å². The van der Waals surface area contributed by atoms with E-state index in [1.807, 2.05) is 19.9 Å². The number of ether oxygens (including phenoxy) is 1. The van der Waals surface area contributed by atoms with Gasteiger partial charge in [-0.05, 0) is 19.9 Å². The van der Waals surface area contributed by atoms with Crippen molar-refractivity contribution >= 4 is 12.2 Å². The van der Waals surface area contributed by atoms with Gasteiger partial charge in [-0.2, -0.15) is 0 Å². The predicted molar refractivity (Wildman–Crippen MR) is 67.0 cm³/mol. The van der Waals surface area contributed by atoms with Crippen LogP contribution in [-0.2, 0) is 20.9 Å². The van der Waals surface area contributed by atoms with Crippen molar-refractivity contribution in [2.75, 3.05) is 20.3 Å². The summed E-state index contributed by atoms with van der Waals surface area (Å²) >= 11 is 0. The Bertz CT molecular complexity index is 438. The molecular formula is C12H18N2O4. The van der Waals surface area contributed by atoms with E-state index >= 15 is 0 Å². The van der Waals surface area contributed by atoms with Crippen LogP contribution >= 0.6 is 0 Å². The van der Waals surface area contributed by atoms with Gasteiger partial charge in [0.1, 0.15) is 0 Å². The van der Waals surface area contributed by atoms with E-state index < -0.39 is 12.6 Å². The van der Waals surface area contributed by atoms with Gasteiger partial charge in [0.15, 0.2) is 0 Å². The lowest BCUT2D eigenvalue weighted by Gasteiger charge is -2.08. The Hall–Kier alpha value is -1.82. The van der Waals surface area contributed by atoms with E-state index in [4.69, 9.17) is 9.84 Å². The monoisotopic (exact) mass is 254 g/mol. The zero-order valence-corrected chi connectivity index (χ0v) is 10.8. The maximum Gasteiger partial charge on any atom is 0.344 e. The van der Waals surface area contributed by atoms with Gasteiger partial charge < -0.3 is 19.2 Å². The normalized spacial score (nSPS) is 11.1. The summed E-state index contributed by atoms with van der Waals surface area (Å²) in [6.07, 6.45) is 1.52. The Kier molecular flexibility index (Phi) is 5.38. The zero-order valence-electron chi connectivity index (χ0n) is 10.8. The number of methoxy groups -OCH3 is 1. The van der Waals surface area contributed by atoms with Crippen molar-refractivity contribution in [1.29, 1.82) is 0 Å². The van der Waals surface area contributed by atoms with Gasteiger partial charge in [0.25, 0.3) is 0 Å². The number of nitrogens with zero attached hydrogens (tertiary/aromatic N) is 2. The van der Waals surface area contributed by atoms with Crippen LogP contribution in [0, 0.1) is 13.8 Å². The highest BCUT2D eigenvalue weighted by Crippen LogP contribution is 2.13. The first-order valence-electron chi connectivity index (χ1n) is 5.59. The van der Waals surface area contributed by atoms with Gasteiger partial charge in [0.2, 0.25) is 6.61 Å². The number of oxime groups is 1. The van der Waals surface area contributed by atoms with E-state index in [9.17, 15) is 4.79 Å². The second-order valence-corrected chi connectivity index (χ2v) is 3.87. The molecule has 0 saturated heterocycles. The molecule has 0 unspecified atom stereocenters. The number of hydrogen-bond donors (Lipinski definition) is 1. The Morgan fingerprint density at radius 1 is 1.56 bits per heavy atom. The Labute approximate surface area is 106 Å². The van der Waals surface area contributed by atoms with E-state index in [1.165, 1.54) is 6.21 Å². The fourth-order valence-electron chi connectivity index (χ4n) is 1.67. The molecule has 0 atom stereocenters. The number of carboxylic acid groups (broad SMARTS) is 1. The molecule has 0 spiro atoms. The van der Waals surface area contributed by atoms with Gasteiger partial charge in [-0.25, -0.2) is 4.79 Å². The maximum atomic E-state index is 10.2. The van der Waals surface area contributed by atoms with E-state index in [1.54, 1.807) is 7.11 Å². The smallest absolute Gasteiger partial charge is 0.344 e. The molecule has 1 aromatic rings. The van der Waals surface area contributed by atoms with Gasteiger partial charge in [0, 0.05) is 30.6 Å². The number of hydrogen-bond acceptors (Lipinski definition) is 4. The Morgan fingerprint density at radius 2 is 2.28 bits per heavy atom. The lowest BCUT2D eigenvalue weighted by molar-refractivity contribution is -0.142. The second-order valence-electron chi connectivity index (χ2n) is 3.87. The molecule has 1 heterocycles. The number of aromatic nitrogens is 1. The molecular weight excluding hydrogens is 236 g/mol. The predicted octanol–water partition coefficient (Wildman–Crippen LogP) is 1.19. The molecule has 6 heteroatoms. The number of carboxylic acids is 1. The molecule has 18 heavy (non-hydrogen) atoms. The molecule has 0 bridgehead atoms. The van der Waals surface area contributed by atoms with Gasteiger partial charge in [0.05, 0.1) is 12.8 Å². The van der Waals surface area contributed by atoms with Gasteiger partial charge in [-0.15, -0.1) is 0 Å². The van der Waals surface area contributed by atoms with Crippen LogP contribution in [0.25, 0.3) is 0 Å². The molecule has 0 radical (unpaired) electrons. The molecule has 0 fully saturated rings. The molecule has 6 nitrogen and oxygen atoms in total. The standard InChI is InChI=1S/C12H18N2O4/c1-9-6-11(7-13-18-8-12(15)16)10(2)14(9)4-5-17-3/h6-7H,4-5,8H2,1-3H3,(H,15,16)/b13-7-. The lowest BCUT2D eigenvalue weighted by atomic mass is 10.3. The van der Waals surface area contributed by atoms with Crippen LogP contribution in [0.2, 0.25) is 0 Å². The van der Waals surface area contributed by atoms with Crippen molar-refractivity contribution in [2.24, 2.45) is 5.16 Å². The van der Waals surface area contributed by atoms with Gasteiger partial charge >= 0.3 is 5.97 Å². The summed E-state index contributed by atoms with van der Waals surface area (Å²) in [6.45, 7) is 4.96. The average Bonchev–Trinajstić information content (AvgIpc) is 2.58. The van der Waals surface area contributed by atoms with Crippen molar-refractivity contribution in [3.05, 3.63) is 23.0 Å². The number of aliphatic carboxylic acids is 1. The SMILES string of the molecule is COCCn1c(C)cc(/C=N\OCC(=O)O)c1C. The van der Waals surface area contributed by atoms with Gasteiger partial charge in [-0.3, -0.25) is 0 Å². The fourth-order valence-corrected chi connectivity index (χ4v) is 1.67. The van der Waals surface area contributed by atoms with Crippen LogP contribution in [0.1, 0.15) is 17.0 Å². The number of carbonyl (C=O) groups is 1. The molecule has 0 aliphatic rings. The summed E-state index contributed by atoms with van der Waals surface area (Å²) in [5, 5.41) is 12.0. The first-order chi connectivity index (χ1) is 8.56. The van der Waals surface area contributed by atoms with Gasteiger partial charge in [-0.1, -0.05) is 5.16 Å². The number of rotatable bonds is 7. The Balaban J connectivity index is 2.69. The summed E-state index contributed by atoms with van der Waals surface area (Å²) in [4.78, 5) is 14.9. The second kappa shape index (κ2) is 6.80. The van der Waals surface area contributed by atoms with Crippen molar-refractivity contribution in [1.82, 2.24) is 4.57 Å². The van der Waals surface area contributed by atoms with Crippen LogP contribution in [0.15, 0.2) is 11.2 Å². The van der Waals surface area contributed by atoms with E-state index in [0.717, 1.165) is 23.5 Å². The topological polar surface area (TPSA) is 73.0 Å². The minimum Gasteiger partial charge on any atom is -0.479 e. The third kappa shape index (κ3) is 3.89. The summed E-state index contributed by atoms with van der Waals surface area (Å²) in [5.41, 5.74) is 3.06. The van der Waals surface area contributed by atoms with Crippen LogP contribution in [0.4, 0.5) is 0 Å². The van der Waals surface area contributed by atoms with Crippen LogP contribution < -0.4 is 0 Å². The van der Waals surface area contributed by atoms with Crippen molar-refractivity contribution < 1.29 is 19.5 Å². The largest absolute Gasteiger partial charge is 0.479 e. The van der Waals surface area contributed by atoms with Crippen LogP contribution in [0.3, 0.4) is 0 Å². The Morgan fingerprint density at radius 3 is 2.89 bits per heavy atom. The highest BCUT2D eigenvalue weighted by atomic mass is 16.6. The quantitative estimate of drug-likeness (QED) is 0.586. The van der Waals surface area contributed by atoms with Crippen molar-refractivity contribution in [2.45, 2.75) is 20.4 Å². The lowest BCUT2D eigenvalue weighted by Crippen LogP contribution is -2.07. The molecule has 1 N–H and O–H groups in total. The fraction of sp³-hybridized carbons (Fsp3) is 0.500. The van der Waals surface area contributed by atoms with Crippen molar-refractivity contribution in [3.63, 3.8) is 0 Å². The minimum atomic E-state index is -1.04. The van der Waals surface area contributed by atoms with Crippen LogP contribution in [0.5, 0.6) is 0 Å². The summed E-state index contributed by atoms with van der Waals surface area (Å²) in [5.74, 6) is -1.04. The zero-order chi connectivity index (χ0) is 13.5. The van der Waals surface area contributed by atoms with E-state index in [2.05, 4.69) is 14.6 Å². The molecule has 1 aromatic heterocycles. The number of aryl methyl sites for hydroxylation is 1. The first-order valence-corrected chi connectivity index (χ1v) is 5.59. The molecule has 0 saturated carbocycles. The average molecular weight is 254 g/mol. The third-order valence-corrected chi connectivity index (χ3v) is 2.59. The minimum absolute atomic E-state index is 0.432.